The molecule has 8 heteroatoms. The van der Waals surface area contributed by atoms with Crippen LogP contribution in [-0.4, -0.2) is 33.2 Å². The van der Waals surface area contributed by atoms with Gasteiger partial charge in [0.25, 0.3) is 0 Å². The van der Waals surface area contributed by atoms with E-state index in [4.69, 9.17) is 4.74 Å². The Balaban J connectivity index is 2.12. The predicted molar refractivity (Wildman–Crippen MR) is 103 cm³/mol. The number of nitrogens with zero attached hydrogens (tertiary/aromatic N) is 1. The van der Waals surface area contributed by atoms with Gasteiger partial charge in [-0.05, 0) is 43.7 Å². The summed E-state index contributed by atoms with van der Waals surface area (Å²) in [6.45, 7) is 4.08. The van der Waals surface area contributed by atoms with Crippen molar-refractivity contribution in [1.82, 2.24) is 5.32 Å². The molecule has 0 saturated heterocycles. The minimum Gasteiger partial charge on any atom is -0.494 e. The largest absolute Gasteiger partial charge is 0.494 e. The summed E-state index contributed by atoms with van der Waals surface area (Å²) in [5.41, 5.74) is 0.666. The molecular formula is C19H23FN2O4S. The molecule has 2 rings (SSSR count). The van der Waals surface area contributed by atoms with Gasteiger partial charge in [0.1, 0.15) is 17.6 Å². The van der Waals surface area contributed by atoms with Gasteiger partial charge in [-0.15, -0.1) is 0 Å². The average molecular weight is 394 g/mol. The molecule has 0 heterocycles. The van der Waals surface area contributed by atoms with Crippen LogP contribution in [0.5, 0.6) is 5.75 Å². The molecule has 1 atom stereocenters. The first kappa shape index (κ1) is 20.7. The molecule has 0 fully saturated rings. The molecule has 0 unspecified atom stereocenters. The molecule has 1 N–H and O–H groups in total. The Kier molecular flexibility index (Phi) is 6.79. The zero-order valence-electron chi connectivity index (χ0n) is 15.5. The molecule has 0 aliphatic rings. The third-order valence-corrected chi connectivity index (χ3v) is 5.11. The number of nitrogens with one attached hydrogen (secondary N) is 1. The number of sulfonamides is 1. The summed E-state index contributed by atoms with van der Waals surface area (Å²) in [5, 5.41) is 2.68. The molecule has 0 spiro atoms. The van der Waals surface area contributed by atoms with E-state index in [0.717, 1.165) is 27.9 Å². The van der Waals surface area contributed by atoms with Crippen LogP contribution < -0.4 is 14.4 Å². The third kappa shape index (κ3) is 5.43. The first-order valence-corrected chi connectivity index (χ1v) is 10.3. The molecule has 0 aliphatic carbocycles. The second-order valence-electron chi connectivity index (χ2n) is 5.98. The van der Waals surface area contributed by atoms with Gasteiger partial charge in [0.2, 0.25) is 15.9 Å². The van der Waals surface area contributed by atoms with Gasteiger partial charge in [-0.3, -0.25) is 9.10 Å². The van der Waals surface area contributed by atoms with Gasteiger partial charge < -0.3 is 10.1 Å². The van der Waals surface area contributed by atoms with Crippen LogP contribution in [0.1, 0.15) is 19.4 Å². The Morgan fingerprint density at radius 3 is 2.37 bits per heavy atom. The first-order chi connectivity index (χ1) is 12.7. The number of carbonyl (C=O) groups is 1. The number of hydrogen-bond acceptors (Lipinski definition) is 4. The van der Waals surface area contributed by atoms with Crippen LogP contribution in [0.4, 0.5) is 10.1 Å². The minimum absolute atomic E-state index is 0.163. The van der Waals surface area contributed by atoms with Gasteiger partial charge in [0.15, 0.2) is 0 Å². The summed E-state index contributed by atoms with van der Waals surface area (Å²) in [5.74, 6) is -0.518. The van der Waals surface area contributed by atoms with Crippen molar-refractivity contribution in [3.05, 3.63) is 59.9 Å². The molecule has 2 aromatic carbocycles. The fourth-order valence-electron chi connectivity index (χ4n) is 2.62. The molecule has 2 aromatic rings. The maximum atomic E-state index is 14.1. The molecule has 0 aromatic heterocycles. The van der Waals surface area contributed by atoms with Crippen molar-refractivity contribution in [2.75, 3.05) is 17.2 Å². The van der Waals surface area contributed by atoms with Gasteiger partial charge in [-0.1, -0.05) is 24.3 Å². The van der Waals surface area contributed by atoms with E-state index in [2.05, 4.69) is 5.32 Å². The Morgan fingerprint density at radius 1 is 1.19 bits per heavy atom. The van der Waals surface area contributed by atoms with Crippen LogP contribution in [0.3, 0.4) is 0 Å². The summed E-state index contributed by atoms with van der Waals surface area (Å²) in [7, 11) is -3.86. The number of carbonyl (C=O) groups excluding carboxylic acids is 1. The fraction of sp³-hybridized carbons (Fsp3) is 0.316. The maximum Gasteiger partial charge on any atom is 0.243 e. The molecule has 0 radical (unpaired) electrons. The van der Waals surface area contributed by atoms with Crippen LogP contribution >= 0.6 is 0 Å². The fourth-order valence-corrected chi connectivity index (χ4v) is 3.79. The van der Waals surface area contributed by atoms with E-state index in [1.54, 1.807) is 24.3 Å². The Labute approximate surface area is 159 Å². The van der Waals surface area contributed by atoms with E-state index < -0.39 is 27.8 Å². The SMILES string of the molecule is CCOc1ccc(CNC(=O)[C@H](C)N(c2ccccc2F)S(C)(=O)=O)cc1. The number of benzene rings is 2. The van der Waals surface area contributed by atoms with Crippen molar-refractivity contribution in [3.63, 3.8) is 0 Å². The lowest BCUT2D eigenvalue weighted by Gasteiger charge is -2.28. The summed E-state index contributed by atoms with van der Waals surface area (Å²) in [6.07, 6.45) is 0.940. The van der Waals surface area contributed by atoms with Gasteiger partial charge >= 0.3 is 0 Å². The molecule has 146 valence electrons. The second kappa shape index (κ2) is 8.85. The Hall–Kier alpha value is -2.61. The van der Waals surface area contributed by atoms with E-state index in [0.29, 0.717) is 6.61 Å². The van der Waals surface area contributed by atoms with E-state index in [-0.39, 0.29) is 12.2 Å². The quantitative estimate of drug-likeness (QED) is 0.747. The van der Waals surface area contributed by atoms with Crippen LogP contribution in [-0.2, 0) is 21.4 Å². The number of anilines is 1. The van der Waals surface area contributed by atoms with Crippen molar-refractivity contribution >= 4 is 21.6 Å². The van der Waals surface area contributed by atoms with Crippen molar-refractivity contribution in [2.24, 2.45) is 0 Å². The monoisotopic (exact) mass is 394 g/mol. The van der Waals surface area contributed by atoms with Crippen LogP contribution in [0.15, 0.2) is 48.5 Å². The summed E-state index contributed by atoms with van der Waals surface area (Å²) < 4.78 is 44.6. The number of para-hydroxylation sites is 1. The number of halogens is 1. The van der Waals surface area contributed by atoms with Crippen LogP contribution in [0.25, 0.3) is 0 Å². The Morgan fingerprint density at radius 2 is 1.81 bits per heavy atom. The number of hydrogen-bond donors (Lipinski definition) is 1. The smallest absolute Gasteiger partial charge is 0.243 e. The third-order valence-electron chi connectivity index (χ3n) is 3.88. The average Bonchev–Trinajstić information content (AvgIpc) is 2.61. The lowest BCUT2D eigenvalue weighted by Crippen LogP contribution is -2.48. The molecular weight excluding hydrogens is 371 g/mol. The molecule has 1 amide bonds. The molecule has 0 aliphatic heterocycles. The van der Waals surface area contributed by atoms with E-state index in [1.807, 2.05) is 6.92 Å². The summed E-state index contributed by atoms with van der Waals surface area (Å²) in [6, 6.07) is 11.5. The van der Waals surface area contributed by atoms with E-state index in [1.165, 1.54) is 25.1 Å². The standard InChI is InChI=1S/C19H23FN2O4S/c1-4-26-16-11-9-15(10-12-16)13-21-19(23)14(2)22(27(3,24)25)18-8-6-5-7-17(18)20/h5-12,14H,4,13H2,1-3H3,(H,21,23)/t14-/m0/s1. The zero-order valence-corrected chi connectivity index (χ0v) is 16.3. The van der Waals surface area contributed by atoms with Gasteiger partial charge in [0, 0.05) is 6.54 Å². The maximum absolute atomic E-state index is 14.1. The number of amides is 1. The van der Waals surface area contributed by atoms with Crippen molar-refractivity contribution in [1.29, 1.82) is 0 Å². The molecule has 6 nitrogen and oxygen atoms in total. The highest BCUT2D eigenvalue weighted by Gasteiger charge is 2.30. The normalized spacial score (nSPS) is 12.3. The van der Waals surface area contributed by atoms with Gasteiger partial charge in [0.05, 0.1) is 18.6 Å². The predicted octanol–water partition coefficient (Wildman–Crippen LogP) is 2.70. The van der Waals surface area contributed by atoms with E-state index in [9.17, 15) is 17.6 Å². The topological polar surface area (TPSA) is 75.7 Å². The van der Waals surface area contributed by atoms with Crippen molar-refractivity contribution in [3.8, 4) is 5.75 Å². The summed E-state index contributed by atoms with van der Waals surface area (Å²) in [4.78, 5) is 12.5. The van der Waals surface area contributed by atoms with Crippen molar-refractivity contribution < 1.29 is 22.3 Å². The lowest BCUT2D eigenvalue weighted by atomic mass is 10.2. The molecule has 27 heavy (non-hydrogen) atoms. The number of ether oxygens (including phenoxy) is 1. The minimum atomic E-state index is -3.86. The van der Waals surface area contributed by atoms with Crippen LogP contribution in [0, 0.1) is 5.82 Å². The molecule has 0 bridgehead atoms. The number of rotatable bonds is 8. The highest BCUT2D eigenvalue weighted by Crippen LogP contribution is 2.24. The Bertz CT molecular complexity index is 885. The highest BCUT2D eigenvalue weighted by molar-refractivity contribution is 7.92. The van der Waals surface area contributed by atoms with Gasteiger partial charge in [-0.2, -0.15) is 0 Å². The second-order valence-corrected chi connectivity index (χ2v) is 7.84. The van der Waals surface area contributed by atoms with Crippen molar-refractivity contribution in [2.45, 2.75) is 26.4 Å². The van der Waals surface area contributed by atoms with E-state index >= 15 is 0 Å². The highest BCUT2D eigenvalue weighted by atomic mass is 32.2. The van der Waals surface area contributed by atoms with Crippen LogP contribution in [0.2, 0.25) is 0 Å². The lowest BCUT2D eigenvalue weighted by molar-refractivity contribution is -0.122. The zero-order chi connectivity index (χ0) is 20.0. The van der Waals surface area contributed by atoms with Gasteiger partial charge in [-0.25, -0.2) is 12.8 Å². The molecule has 0 saturated carbocycles. The summed E-state index contributed by atoms with van der Waals surface area (Å²) >= 11 is 0. The first-order valence-electron chi connectivity index (χ1n) is 8.47.